The Balaban J connectivity index is 0.00000256. The molecule has 1 rings (SSSR count). The summed E-state index contributed by atoms with van der Waals surface area (Å²) in [5.41, 5.74) is 11.2. The van der Waals surface area contributed by atoms with Crippen LogP contribution in [0.25, 0.3) is 0 Å². The Kier molecular flexibility index (Phi) is 6.64. The van der Waals surface area contributed by atoms with Crippen molar-refractivity contribution in [1.29, 1.82) is 0 Å². The van der Waals surface area contributed by atoms with Crippen LogP contribution in [0.4, 0.5) is 10.1 Å². The summed E-state index contributed by atoms with van der Waals surface area (Å²) in [6, 6.07) is 2.93. The fourth-order valence-corrected chi connectivity index (χ4v) is 1.48. The number of hydrogen-bond acceptors (Lipinski definition) is 4. The summed E-state index contributed by atoms with van der Waals surface area (Å²) in [7, 11) is 0. The number of nitrogens with two attached hydrogens (primary N) is 2. The molecule has 0 heterocycles. The molecule has 0 saturated carbocycles. The van der Waals surface area contributed by atoms with E-state index in [1.54, 1.807) is 0 Å². The zero-order valence-electron chi connectivity index (χ0n) is 9.14. The average molecular weight is 264 g/mol. The van der Waals surface area contributed by atoms with Crippen molar-refractivity contribution < 1.29 is 9.31 Å². The predicted molar refractivity (Wildman–Crippen MR) is 65.5 cm³/mol. The number of halogens is 2. The molecule has 0 saturated heterocycles. The third-order valence-electron chi connectivity index (χ3n) is 2.31. The largest absolute Gasteiger partial charge is 0.330 e. The van der Waals surface area contributed by atoms with Gasteiger partial charge in [0.1, 0.15) is 5.82 Å². The molecule has 0 fully saturated rings. The van der Waals surface area contributed by atoms with Gasteiger partial charge < -0.3 is 11.5 Å². The Labute approximate surface area is 105 Å². The number of nitro groups is 1. The summed E-state index contributed by atoms with van der Waals surface area (Å²) in [6.45, 7) is 0.475. The van der Waals surface area contributed by atoms with E-state index < -0.39 is 16.8 Å². The first-order valence-electron chi connectivity index (χ1n) is 4.95. The summed E-state index contributed by atoms with van der Waals surface area (Å²) >= 11 is 0. The van der Waals surface area contributed by atoms with Crippen LogP contribution in [0.3, 0.4) is 0 Å². The van der Waals surface area contributed by atoms with Gasteiger partial charge in [0, 0.05) is 11.6 Å². The molecule has 0 aliphatic carbocycles. The van der Waals surface area contributed by atoms with Crippen LogP contribution in [0.2, 0.25) is 0 Å². The van der Waals surface area contributed by atoms with Crippen molar-refractivity contribution in [3.63, 3.8) is 0 Å². The molecule has 0 aromatic heterocycles. The lowest BCUT2D eigenvalue weighted by atomic mass is 10.0. The van der Waals surface area contributed by atoms with Crippen molar-refractivity contribution in [3.05, 3.63) is 39.7 Å². The molecule has 0 unspecified atom stereocenters. The van der Waals surface area contributed by atoms with Crippen molar-refractivity contribution in [1.82, 2.24) is 0 Å². The van der Waals surface area contributed by atoms with Crippen LogP contribution in [0, 0.1) is 15.9 Å². The minimum Gasteiger partial charge on any atom is -0.330 e. The van der Waals surface area contributed by atoms with Gasteiger partial charge in [0.05, 0.1) is 11.0 Å². The Morgan fingerprint density at radius 3 is 2.65 bits per heavy atom. The van der Waals surface area contributed by atoms with E-state index in [0.29, 0.717) is 24.9 Å². The molecular weight excluding hydrogens is 249 g/mol. The second-order valence-electron chi connectivity index (χ2n) is 3.50. The van der Waals surface area contributed by atoms with Gasteiger partial charge in [-0.25, -0.2) is 4.39 Å². The molecule has 7 heteroatoms. The summed E-state index contributed by atoms with van der Waals surface area (Å²) < 4.78 is 12.9. The first-order valence-corrected chi connectivity index (χ1v) is 4.95. The van der Waals surface area contributed by atoms with Crippen molar-refractivity contribution in [2.24, 2.45) is 11.5 Å². The first-order chi connectivity index (χ1) is 7.56. The lowest BCUT2D eigenvalue weighted by Gasteiger charge is -2.11. The number of nitrogens with zero attached hydrogens (tertiary/aromatic N) is 1. The molecule has 0 aliphatic rings. The van der Waals surface area contributed by atoms with Crippen LogP contribution >= 0.6 is 12.4 Å². The molecule has 1 aromatic carbocycles. The van der Waals surface area contributed by atoms with Crippen LogP contribution in [0.5, 0.6) is 0 Å². The molecule has 17 heavy (non-hydrogen) atoms. The molecule has 1 aromatic rings. The SMILES string of the molecule is Cl.NCCC[C@H](N)c1ccc(F)cc1[N+](=O)[O-]. The normalized spacial score (nSPS) is 11.7. The quantitative estimate of drug-likeness (QED) is 0.626. The number of nitro benzene ring substituents is 1. The summed E-state index contributed by atoms with van der Waals surface area (Å²) in [4.78, 5) is 10.1. The smallest absolute Gasteiger partial charge is 0.277 e. The maximum absolute atomic E-state index is 12.9. The van der Waals surface area contributed by atoms with Gasteiger partial charge in [0.25, 0.3) is 5.69 Å². The van der Waals surface area contributed by atoms with Crippen molar-refractivity contribution in [2.45, 2.75) is 18.9 Å². The van der Waals surface area contributed by atoms with E-state index in [2.05, 4.69) is 0 Å². The maximum Gasteiger partial charge on any atom is 0.277 e. The second-order valence-corrected chi connectivity index (χ2v) is 3.50. The third-order valence-corrected chi connectivity index (χ3v) is 2.31. The summed E-state index contributed by atoms with van der Waals surface area (Å²) in [5, 5.41) is 10.7. The molecule has 0 radical (unpaired) electrons. The number of benzene rings is 1. The van der Waals surface area contributed by atoms with Crippen LogP contribution in [-0.4, -0.2) is 11.5 Å². The molecule has 0 spiro atoms. The minimum absolute atomic E-state index is 0. The van der Waals surface area contributed by atoms with Gasteiger partial charge in [-0.2, -0.15) is 0 Å². The fourth-order valence-electron chi connectivity index (χ4n) is 1.48. The van der Waals surface area contributed by atoms with Gasteiger partial charge in [-0.15, -0.1) is 12.4 Å². The highest BCUT2D eigenvalue weighted by molar-refractivity contribution is 5.85. The maximum atomic E-state index is 12.9. The molecule has 0 aliphatic heterocycles. The van der Waals surface area contributed by atoms with E-state index in [1.807, 2.05) is 0 Å². The second kappa shape index (κ2) is 7.16. The zero-order valence-corrected chi connectivity index (χ0v) is 9.95. The predicted octanol–water partition coefficient (Wildman–Crippen LogP) is 1.89. The van der Waals surface area contributed by atoms with Crippen molar-refractivity contribution >= 4 is 18.1 Å². The topological polar surface area (TPSA) is 95.2 Å². The van der Waals surface area contributed by atoms with E-state index >= 15 is 0 Å². The van der Waals surface area contributed by atoms with E-state index in [9.17, 15) is 14.5 Å². The number of rotatable bonds is 5. The highest BCUT2D eigenvalue weighted by Gasteiger charge is 2.19. The van der Waals surface area contributed by atoms with Crippen LogP contribution < -0.4 is 11.5 Å². The Hall–Kier alpha value is -1.24. The molecule has 5 nitrogen and oxygen atoms in total. The third kappa shape index (κ3) is 4.26. The lowest BCUT2D eigenvalue weighted by molar-refractivity contribution is -0.385. The average Bonchev–Trinajstić information content (AvgIpc) is 2.25. The van der Waals surface area contributed by atoms with Crippen LogP contribution in [-0.2, 0) is 0 Å². The summed E-state index contributed by atoms with van der Waals surface area (Å²) in [5.74, 6) is -0.638. The van der Waals surface area contributed by atoms with Gasteiger partial charge in [-0.1, -0.05) is 0 Å². The Morgan fingerprint density at radius 1 is 1.47 bits per heavy atom. The molecule has 1 atom stereocenters. The van der Waals surface area contributed by atoms with E-state index in [-0.39, 0.29) is 18.1 Å². The van der Waals surface area contributed by atoms with Gasteiger partial charge in [-0.3, -0.25) is 10.1 Å². The van der Waals surface area contributed by atoms with Crippen molar-refractivity contribution in [2.75, 3.05) is 6.54 Å². The van der Waals surface area contributed by atoms with E-state index in [4.69, 9.17) is 11.5 Å². The highest BCUT2D eigenvalue weighted by atomic mass is 35.5. The lowest BCUT2D eigenvalue weighted by Crippen LogP contribution is -2.14. The van der Waals surface area contributed by atoms with Gasteiger partial charge in [-0.05, 0) is 31.5 Å². The summed E-state index contributed by atoms with van der Waals surface area (Å²) in [6.07, 6.45) is 1.22. The van der Waals surface area contributed by atoms with E-state index in [1.165, 1.54) is 12.1 Å². The van der Waals surface area contributed by atoms with Crippen LogP contribution in [0.1, 0.15) is 24.4 Å². The zero-order chi connectivity index (χ0) is 12.1. The number of hydrogen-bond donors (Lipinski definition) is 2. The van der Waals surface area contributed by atoms with Gasteiger partial charge in [0.2, 0.25) is 0 Å². The van der Waals surface area contributed by atoms with Crippen LogP contribution in [0.15, 0.2) is 18.2 Å². The Bertz CT molecular complexity index is 390. The molecular formula is C10H15ClFN3O2. The first kappa shape index (κ1) is 15.8. The standard InChI is InChI=1S/C10H14FN3O2.ClH/c11-7-3-4-8(9(13)2-1-5-12)10(6-7)14(15)16;/h3-4,6,9H,1-2,5,12-13H2;1H/t9-;/m0./s1. The molecule has 0 amide bonds. The fraction of sp³-hybridized carbons (Fsp3) is 0.400. The minimum atomic E-state index is -0.638. The highest BCUT2D eigenvalue weighted by Crippen LogP contribution is 2.26. The van der Waals surface area contributed by atoms with Gasteiger partial charge in [0.15, 0.2) is 0 Å². The van der Waals surface area contributed by atoms with E-state index in [0.717, 1.165) is 6.07 Å². The van der Waals surface area contributed by atoms with Crippen molar-refractivity contribution in [3.8, 4) is 0 Å². The molecule has 96 valence electrons. The molecule has 0 bridgehead atoms. The monoisotopic (exact) mass is 263 g/mol. The van der Waals surface area contributed by atoms with Gasteiger partial charge >= 0.3 is 0 Å². The Morgan fingerprint density at radius 2 is 2.12 bits per heavy atom. The molecule has 4 N–H and O–H groups in total.